The van der Waals surface area contributed by atoms with E-state index in [4.69, 9.17) is 9.97 Å². The average molecular weight is 920 g/mol. The van der Waals surface area contributed by atoms with Crippen LogP contribution in [0.2, 0.25) is 0 Å². The van der Waals surface area contributed by atoms with Crippen LogP contribution >= 0.6 is 0 Å². The van der Waals surface area contributed by atoms with Crippen molar-refractivity contribution >= 4 is 87.2 Å². The molecule has 9 heteroatoms. The lowest BCUT2D eigenvalue weighted by atomic mass is 9.93. The molecule has 0 aliphatic rings. The topological polar surface area (TPSA) is 95.1 Å². The normalized spacial score (nSPS) is 11.9. The van der Waals surface area contributed by atoms with E-state index in [1.165, 1.54) is 0 Å². The second kappa shape index (κ2) is 15.4. The zero-order valence-corrected chi connectivity index (χ0v) is 38.4. The lowest BCUT2D eigenvalue weighted by molar-refractivity contribution is 1.03. The average Bonchev–Trinajstić information content (AvgIpc) is 4.18. The molecule has 0 amide bonds. The molecule has 0 fully saturated rings. The van der Waals surface area contributed by atoms with E-state index in [1.54, 1.807) is 0 Å². The van der Waals surface area contributed by atoms with Gasteiger partial charge in [-0.15, -0.1) is 0 Å². The highest BCUT2D eigenvalue weighted by Crippen LogP contribution is 2.51. The summed E-state index contributed by atoms with van der Waals surface area (Å²) >= 11 is 0. The van der Waals surface area contributed by atoms with Crippen molar-refractivity contribution in [2.75, 3.05) is 0 Å². The van der Waals surface area contributed by atoms with Crippen LogP contribution < -0.4 is 0 Å². The van der Waals surface area contributed by atoms with Gasteiger partial charge in [0.25, 0.3) is 0 Å². The monoisotopic (exact) mass is 919 g/mol. The first kappa shape index (κ1) is 39.8. The first-order valence-electron chi connectivity index (χ1n) is 23.9. The molecule has 0 aliphatic heterocycles. The number of hydrogen-bond acceptors (Lipinski definition) is 5. The van der Waals surface area contributed by atoms with Crippen molar-refractivity contribution < 1.29 is 0 Å². The fourth-order valence-electron chi connectivity index (χ4n) is 11.7. The first-order chi connectivity index (χ1) is 35.8. The fraction of sp³-hybridized carbons (Fsp3) is 0. The number of nitrogens with zero attached hydrogens (tertiary/aromatic N) is 9. The van der Waals surface area contributed by atoms with Gasteiger partial charge in [0, 0.05) is 98.2 Å². The summed E-state index contributed by atoms with van der Waals surface area (Å²) in [5, 5.41) is 20.8. The van der Waals surface area contributed by atoms with Crippen molar-refractivity contribution in [2.45, 2.75) is 0 Å². The van der Waals surface area contributed by atoms with Gasteiger partial charge in [-0.05, 0) is 83.4 Å². The van der Waals surface area contributed by atoms with Crippen LogP contribution in [0.1, 0.15) is 5.56 Å². The van der Waals surface area contributed by atoms with Gasteiger partial charge in [-0.1, -0.05) is 109 Å². The molecular formula is C63H37N9. The molecule has 0 aliphatic carbocycles. The Labute approximate surface area is 411 Å². The molecule has 0 saturated carbocycles. The highest BCUT2D eigenvalue weighted by atomic mass is 15.1. The molecule has 15 aromatic rings. The van der Waals surface area contributed by atoms with Crippen LogP contribution in [0.3, 0.4) is 0 Å². The van der Waals surface area contributed by atoms with E-state index in [9.17, 15) is 5.26 Å². The standard InChI is InChI=1S/C63H37N9/c64-35-47-60(69-52-19-9-5-15-43(52)48-36-66-31-26-56(48)69)59(40-24-29-65-30-25-40)62(71-51-18-8-4-14-42(51)46-34-41(22-23-55(46)71)39-12-2-1-3-13-39)63(72-54-21-11-7-17-45(54)50-38-68-33-28-58(50)72)61(47)70-53-20-10-6-16-44(53)49-37-67-32-27-57(49)70/h1-34,36-38H. The summed E-state index contributed by atoms with van der Waals surface area (Å²) < 4.78 is 9.43. The maximum atomic E-state index is 12.6. The van der Waals surface area contributed by atoms with Crippen LogP contribution in [-0.4, -0.2) is 38.2 Å². The third-order valence-corrected chi connectivity index (χ3v) is 14.6. The lowest BCUT2D eigenvalue weighted by Crippen LogP contribution is -2.16. The van der Waals surface area contributed by atoms with Crippen molar-refractivity contribution in [1.82, 2.24) is 38.2 Å². The van der Waals surface area contributed by atoms with Crippen molar-refractivity contribution in [3.8, 4) is 51.1 Å². The Bertz CT molecular complexity index is 4600. The van der Waals surface area contributed by atoms with Gasteiger partial charge in [0.15, 0.2) is 0 Å². The van der Waals surface area contributed by atoms with E-state index in [2.05, 4.69) is 210 Å². The van der Waals surface area contributed by atoms with Gasteiger partial charge in [-0.3, -0.25) is 19.9 Å². The molecule has 0 bridgehead atoms. The minimum absolute atomic E-state index is 0.478. The smallest absolute Gasteiger partial charge is 0.104 e. The zero-order valence-electron chi connectivity index (χ0n) is 38.4. The second-order valence-electron chi connectivity index (χ2n) is 18.2. The maximum Gasteiger partial charge on any atom is 0.104 e. The van der Waals surface area contributed by atoms with Crippen LogP contribution in [-0.2, 0) is 0 Å². The Balaban J connectivity index is 1.29. The number of benzene rings is 7. The SMILES string of the molecule is N#Cc1c(-n2c3ccccc3c3cnccc32)c(-c2ccncc2)c(-n2c3ccccc3c3cc(-c4ccccc4)ccc32)c(-n2c3ccccc3c3cnccc32)c1-n1c2ccccc2c2cnccc21. The van der Waals surface area contributed by atoms with Crippen molar-refractivity contribution in [3.63, 3.8) is 0 Å². The molecule has 8 aromatic heterocycles. The highest BCUT2D eigenvalue weighted by molar-refractivity contribution is 6.17. The van der Waals surface area contributed by atoms with Crippen molar-refractivity contribution in [2.24, 2.45) is 0 Å². The Morgan fingerprint density at radius 2 is 0.694 bits per heavy atom. The molecule has 9 nitrogen and oxygen atoms in total. The highest BCUT2D eigenvalue weighted by Gasteiger charge is 2.35. The molecule has 0 atom stereocenters. The molecule has 15 rings (SSSR count). The Kier molecular flexibility index (Phi) is 8.52. The largest absolute Gasteiger partial charge is 0.307 e. The van der Waals surface area contributed by atoms with Gasteiger partial charge in [0.2, 0.25) is 0 Å². The number of hydrogen-bond donors (Lipinski definition) is 0. The summed E-state index contributed by atoms with van der Waals surface area (Å²) in [5.41, 5.74) is 15.3. The van der Waals surface area contributed by atoms with Crippen LogP contribution in [0.4, 0.5) is 0 Å². The number of fused-ring (bicyclic) bond motifs is 12. The summed E-state index contributed by atoms with van der Waals surface area (Å²) in [6, 6.07) is 64.9. The summed E-state index contributed by atoms with van der Waals surface area (Å²) in [4.78, 5) is 18.7. The molecule has 8 heterocycles. The molecule has 0 spiro atoms. The molecule has 72 heavy (non-hydrogen) atoms. The van der Waals surface area contributed by atoms with Crippen LogP contribution in [0.15, 0.2) is 225 Å². The summed E-state index contributed by atoms with van der Waals surface area (Å²) in [6.45, 7) is 0. The first-order valence-corrected chi connectivity index (χ1v) is 23.9. The fourth-order valence-corrected chi connectivity index (χ4v) is 11.7. The molecule has 0 radical (unpaired) electrons. The van der Waals surface area contributed by atoms with E-state index >= 15 is 0 Å². The summed E-state index contributed by atoms with van der Waals surface area (Å²) in [5.74, 6) is 0. The van der Waals surface area contributed by atoms with Crippen LogP contribution in [0, 0.1) is 11.3 Å². The van der Waals surface area contributed by atoms with Gasteiger partial charge in [0.05, 0.1) is 66.9 Å². The molecule has 334 valence electrons. The van der Waals surface area contributed by atoms with Crippen LogP contribution in [0.25, 0.3) is 132 Å². The predicted molar refractivity (Wildman–Crippen MR) is 291 cm³/mol. The van der Waals surface area contributed by atoms with E-state index in [0.717, 1.165) is 127 Å². The quantitative estimate of drug-likeness (QED) is 0.166. The second-order valence-corrected chi connectivity index (χ2v) is 18.2. The van der Waals surface area contributed by atoms with Crippen LogP contribution in [0.5, 0.6) is 0 Å². The van der Waals surface area contributed by atoms with Gasteiger partial charge >= 0.3 is 0 Å². The minimum atomic E-state index is 0.478. The maximum absolute atomic E-state index is 12.6. The summed E-state index contributed by atoms with van der Waals surface area (Å²) in [7, 11) is 0. The lowest BCUT2D eigenvalue weighted by Gasteiger charge is -2.29. The number of nitriles is 1. The van der Waals surface area contributed by atoms with E-state index < -0.39 is 0 Å². The molecule has 0 N–H and O–H groups in total. The molecular weight excluding hydrogens is 883 g/mol. The van der Waals surface area contributed by atoms with Gasteiger partial charge < -0.3 is 18.3 Å². The Morgan fingerprint density at radius 1 is 0.292 bits per heavy atom. The van der Waals surface area contributed by atoms with Gasteiger partial charge in [-0.2, -0.15) is 5.26 Å². The van der Waals surface area contributed by atoms with Crippen molar-refractivity contribution in [3.05, 3.63) is 231 Å². The number of aromatic nitrogens is 8. The van der Waals surface area contributed by atoms with Gasteiger partial charge in [-0.25, -0.2) is 0 Å². The van der Waals surface area contributed by atoms with Gasteiger partial charge in [0.1, 0.15) is 11.6 Å². The van der Waals surface area contributed by atoms with Crippen molar-refractivity contribution in [1.29, 1.82) is 5.26 Å². The summed E-state index contributed by atoms with van der Waals surface area (Å²) in [6.07, 6.45) is 15.1. The predicted octanol–water partition coefficient (Wildman–Crippen LogP) is 14.9. The third kappa shape index (κ3) is 5.51. The number of rotatable bonds is 6. The van der Waals surface area contributed by atoms with E-state index in [0.29, 0.717) is 11.3 Å². The Hall–Kier alpha value is -10.2. The van der Waals surface area contributed by atoms with E-state index in [1.807, 2.05) is 49.6 Å². The number of pyridine rings is 4. The zero-order chi connectivity index (χ0) is 47.4. The molecule has 0 unspecified atom stereocenters. The third-order valence-electron chi connectivity index (χ3n) is 14.6. The Morgan fingerprint density at radius 3 is 1.21 bits per heavy atom. The minimum Gasteiger partial charge on any atom is -0.307 e. The molecule has 7 aromatic carbocycles. The molecule has 0 saturated heterocycles. The number of para-hydroxylation sites is 4. The van der Waals surface area contributed by atoms with E-state index in [-0.39, 0.29) is 0 Å².